The molecule has 0 aliphatic carbocycles. The van der Waals surface area contributed by atoms with Crippen molar-refractivity contribution in [2.24, 2.45) is 0 Å². The number of nitrogens with two attached hydrogens (primary N) is 1. The third-order valence-corrected chi connectivity index (χ3v) is 7.21. The standard InChI is InChI=1S/C27H50N3O7P/c1-2-3-4-5-6-7-8-9-10-11-12-13-14-15-19-35-20-16-21-37-38(33,34)24-36-25(23-31)22-30-18-17-26(28)29-27(30)32/h2,17-18,25,31H,1,3-16,19-24H2,(H,33,34)(H2,28,29,32)/t25-/m0/s1. The van der Waals surface area contributed by atoms with Gasteiger partial charge in [0.25, 0.3) is 0 Å². The fourth-order valence-corrected chi connectivity index (χ4v) is 4.82. The monoisotopic (exact) mass is 559 g/mol. The summed E-state index contributed by atoms with van der Waals surface area (Å²) >= 11 is 0. The third kappa shape index (κ3) is 18.7. The molecule has 1 rings (SSSR count). The normalized spacial score (nSPS) is 13.8. The van der Waals surface area contributed by atoms with Crippen molar-refractivity contribution in [1.29, 1.82) is 0 Å². The van der Waals surface area contributed by atoms with Gasteiger partial charge in [0.1, 0.15) is 12.2 Å². The van der Waals surface area contributed by atoms with Gasteiger partial charge in [0.15, 0.2) is 0 Å². The number of rotatable bonds is 26. The predicted octanol–water partition coefficient (Wildman–Crippen LogP) is 5.03. The van der Waals surface area contributed by atoms with Crippen molar-refractivity contribution in [1.82, 2.24) is 9.55 Å². The first-order valence-corrected chi connectivity index (χ1v) is 15.8. The number of anilines is 1. The van der Waals surface area contributed by atoms with E-state index in [0.29, 0.717) is 19.6 Å². The summed E-state index contributed by atoms with van der Waals surface area (Å²) in [4.78, 5) is 25.3. The molecule has 1 heterocycles. The average molecular weight is 560 g/mol. The maximum atomic E-state index is 12.2. The quantitative estimate of drug-likeness (QED) is 0.0808. The first-order chi connectivity index (χ1) is 18.4. The molecule has 220 valence electrons. The van der Waals surface area contributed by atoms with Crippen LogP contribution < -0.4 is 11.4 Å². The topological polar surface area (TPSA) is 146 Å². The highest BCUT2D eigenvalue weighted by Gasteiger charge is 2.22. The third-order valence-electron chi connectivity index (χ3n) is 6.15. The SMILES string of the molecule is C=CCCCCCCCCCCCCCCOCCCOP(=O)(O)CO[C@H](CO)Cn1ccc(N)nc1=O. The van der Waals surface area contributed by atoms with Crippen molar-refractivity contribution in [2.45, 2.75) is 103 Å². The Kier molecular flexibility index (Phi) is 20.2. The van der Waals surface area contributed by atoms with Crippen LogP contribution >= 0.6 is 7.60 Å². The molecule has 0 aliphatic rings. The summed E-state index contributed by atoms with van der Waals surface area (Å²) in [5.41, 5.74) is 4.85. The van der Waals surface area contributed by atoms with Crippen LogP contribution in [0.2, 0.25) is 0 Å². The lowest BCUT2D eigenvalue weighted by atomic mass is 10.0. The molecule has 1 aromatic heterocycles. The minimum atomic E-state index is -3.99. The number of nitrogens with zero attached hydrogens (tertiary/aromatic N) is 2. The zero-order valence-corrected chi connectivity index (χ0v) is 23.9. The molecule has 0 fully saturated rings. The number of aliphatic hydroxyl groups is 1. The first-order valence-electron chi connectivity index (χ1n) is 14.1. The Morgan fingerprint density at radius 2 is 1.55 bits per heavy atom. The van der Waals surface area contributed by atoms with Gasteiger partial charge in [-0.3, -0.25) is 9.13 Å². The average Bonchev–Trinajstić information content (AvgIpc) is 2.89. The highest BCUT2D eigenvalue weighted by molar-refractivity contribution is 7.52. The first kappa shape index (κ1) is 34.5. The Hall–Kier alpha value is -1.55. The van der Waals surface area contributed by atoms with Crippen LogP contribution in [-0.2, 0) is 25.1 Å². The fraction of sp³-hybridized carbons (Fsp3) is 0.778. The summed E-state index contributed by atoms with van der Waals surface area (Å²) in [6.45, 7) is 4.49. The molecule has 1 unspecified atom stereocenters. The molecule has 0 radical (unpaired) electrons. The Bertz CT molecular complexity index is 837. The zero-order valence-electron chi connectivity index (χ0n) is 23.0. The van der Waals surface area contributed by atoms with Gasteiger partial charge >= 0.3 is 13.3 Å². The molecule has 0 saturated heterocycles. The highest BCUT2D eigenvalue weighted by Crippen LogP contribution is 2.42. The van der Waals surface area contributed by atoms with Crippen LogP contribution in [0.3, 0.4) is 0 Å². The summed E-state index contributed by atoms with van der Waals surface area (Å²) in [7, 11) is -3.99. The lowest BCUT2D eigenvalue weighted by Crippen LogP contribution is -2.32. The molecule has 4 N–H and O–H groups in total. The minimum Gasteiger partial charge on any atom is -0.394 e. The van der Waals surface area contributed by atoms with Crippen molar-refractivity contribution in [3.63, 3.8) is 0 Å². The molecule has 0 aliphatic heterocycles. The second-order valence-electron chi connectivity index (χ2n) is 9.64. The van der Waals surface area contributed by atoms with Gasteiger partial charge in [-0.15, -0.1) is 6.58 Å². The molecule has 0 aromatic carbocycles. The summed E-state index contributed by atoms with van der Waals surface area (Å²) < 4.78 is 29.3. The summed E-state index contributed by atoms with van der Waals surface area (Å²) in [5, 5.41) is 9.46. The Morgan fingerprint density at radius 3 is 2.13 bits per heavy atom. The van der Waals surface area contributed by atoms with E-state index in [1.54, 1.807) is 0 Å². The number of unbranched alkanes of at least 4 members (excludes halogenated alkanes) is 12. The van der Waals surface area contributed by atoms with E-state index in [4.69, 9.17) is 19.7 Å². The fourth-order valence-electron chi connectivity index (χ4n) is 3.93. The van der Waals surface area contributed by atoms with E-state index in [-0.39, 0.29) is 19.0 Å². The second kappa shape index (κ2) is 22.3. The Labute approximate surface area is 228 Å². The van der Waals surface area contributed by atoms with E-state index in [1.165, 1.54) is 81.0 Å². The van der Waals surface area contributed by atoms with E-state index < -0.39 is 32.3 Å². The summed E-state index contributed by atoms with van der Waals surface area (Å²) in [5.74, 6) is 0.0858. The smallest absolute Gasteiger partial charge is 0.353 e. The zero-order chi connectivity index (χ0) is 27.9. The molecular formula is C27H50N3O7P. The van der Waals surface area contributed by atoms with Crippen molar-refractivity contribution in [3.8, 4) is 0 Å². The van der Waals surface area contributed by atoms with Crippen LogP contribution in [0.25, 0.3) is 0 Å². The van der Waals surface area contributed by atoms with Gasteiger partial charge in [0.05, 0.1) is 25.9 Å². The predicted molar refractivity (Wildman–Crippen MR) is 151 cm³/mol. The maximum absolute atomic E-state index is 12.2. The molecule has 0 spiro atoms. The van der Waals surface area contributed by atoms with Crippen LogP contribution in [0, 0.1) is 0 Å². The van der Waals surface area contributed by atoms with Gasteiger partial charge in [-0.25, -0.2) is 4.79 Å². The van der Waals surface area contributed by atoms with Gasteiger partial charge in [-0.2, -0.15) is 4.98 Å². The van der Waals surface area contributed by atoms with E-state index in [2.05, 4.69) is 11.6 Å². The summed E-state index contributed by atoms with van der Waals surface area (Å²) in [6, 6.07) is 1.44. The number of ether oxygens (including phenoxy) is 2. The highest BCUT2D eigenvalue weighted by atomic mass is 31.2. The van der Waals surface area contributed by atoms with Crippen molar-refractivity contribution in [3.05, 3.63) is 35.4 Å². The number of aromatic nitrogens is 2. The van der Waals surface area contributed by atoms with Crippen LogP contribution in [-0.4, -0.2) is 58.4 Å². The maximum Gasteiger partial charge on any atom is 0.353 e. The number of allylic oxidation sites excluding steroid dienone is 1. The molecular weight excluding hydrogens is 509 g/mol. The van der Waals surface area contributed by atoms with Crippen molar-refractivity contribution < 1.29 is 28.6 Å². The number of aliphatic hydroxyl groups excluding tert-OH is 1. The molecule has 1 aromatic rings. The van der Waals surface area contributed by atoms with E-state index in [9.17, 15) is 19.4 Å². The van der Waals surface area contributed by atoms with Gasteiger partial charge in [-0.1, -0.05) is 70.3 Å². The van der Waals surface area contributed by atoms with Gasteiger partial charge < -0.3 is 29.7 Å². The number of hydrogen-bond donors (Lipinski definition) is 3. The molecule has 38 heavy (non-hydrogen) atoms. The molecule has 10 nitrogen and oxygen atoms in total. The largest absolute Gasteiger partial charge is 0.394 e. The van der Waals surface area contributed by atoms with Crippen molar-refractivity contribution >= 4 is 13.4 Å². The van der Waals surface area contributed by atoms with Gasteiger partial charge in [0.2, 0.25) is 0 Å². The molecule has 0 bridgehead atoms. The minimum absolute atomic E-state index is 0.0343. The van der Waals surface area contributed by atoms with Crippen molar-refractivity contribution in [2.75, 3.05) is 38.5 Å². The molecule has 0 saturated carbocycles. The second-order valence-corrected chi connectivity index (χ2v) is 11.4. The lowest BCUT2D eigenvalue weighted by molar-refractivity contribution is 0.0162. The van der Waals surface area contributed by atoms with Crippen LogP contribution in [0.4, 0.5) is 5.82 Å². The van der Waals surface area contributed by atoms with Crippen LogP contribution in [0.1, 0.15) is 89.9 Å². The van der Waals surface area contributed by atoms with E-state index in [0.717, 1.165) is 19.3 Å². The van der Waals surface area contributed by atoms with E-state index in [1.807, 2.05) is 6.08 Å². The van der Waals surface area contributed by atoms with Gasteiger partial charge in [0, 0.05) is 19.4 Å². The Morgan fingerprint density at radius 1 is 0.974 bits per heavy atom. The molecule has 0 amide bonds. The summed E-state index contributed by atoms with van der Waals surface area (Å²) in [6.07, 6.45) is 19.0. The van der Waals surface area contributed by atoms with E-state index >= 15 is 0 Å². The lowest BCUT2D eigenvalue weighted by Gasteiger charge is -2.19. The molecule has 11 heteroatoms. The van der Waals surface area contributed by atoms with Gasteiger partial charge in [-0.05, 0) is 31.7 Å². The van der Waals surface area contributed by atoms with Crippen LogP contribution in [0.5, 0.6) is 0 Å². The molecule has 2 atom stereocenters. The van der Waals surface area contributed by atoms with Crippen LogP contribution in [0.15, 0.2) is 29.7 Å². The number of hydrogen-bond acceptors (Lipinski definition) is 8. The Balaban J connectivity index is 1.95. The number of nitrogen functional groups attached to an aromatic ring is 1.